The molecule has 4 aromatic carbocycles. The van der Waals surface area contributed by atoms with Crippen molar-refractivity contribution in [1.82, 2.24) is 28.4 Å². The molecule has 23 heteroatoms. The van der Waals surface area contributed by atoms with Crippen LogP contribution in [0, 0.1) is 15.5 Å². The van der Waals surface area contributed by atoms with Crippen LogP contribution >= 0.6 is 41.2 Å². The van der Waals surface area contributed by atoms with Crippen LogP contribution in [0.15, 0.2) is 200 Å². The predicted octanol–water partition coefficient (Wildman–Crippen LogP) is 13.4. The van der Waals surface area contributed by atoms with Crippen molar-refractivity contribution in [3.05, 3.63) is 210 Å². The number of hydrogen-bond acceptors (Lipinski definition) is 15. The Hall–Kier alpha value is -7.77. The molecule has 91 heavy (non-hydrogen) atoms. The zero-order valence-corrected chi connectivity index (χ0v) is 53.8. The average Bonchev–Trinajstić information content (AvgIpc) is 1.90. The molecule has 3 aliphatic rings. The SMILES string of the molecule is Br.C.Cl.N=C(SCc1ccccc1)c1ccco1.NC(=Nc1ccc2ccn(CCCN3CCOCC3)c2c1)c1ccco1.NC(=Nc1ccc2ccn(CCCN3CCOCC3)c2c1)c1ccco1.O=[N+]([O-])c1ccc2ccn(CCCN3CCOCC3)c2c1. The number of amidine groups is 2. The Bertz CT molecular complexity index is 3650. The molecule has 0 spiro atoms. The summed E-state index contributed by atoms with van der Waals surface area (Å²) in [4.78, 5) is 26.9. The maximum absolute atomic E-state index is 10.9. The number of fused-ring (bicyclic) bond motifs is 3. The minimum atomic E-state index is -0.343. The number of aromatic nitrogens is 3. The molecule has 0 unspecified atom stereocenters. The van der Waals surface area contributed by atoms with Crippen molar-refractivity contribution in [3.63, 3.8) is 0 Å². The van der Waals surface area contributed by atoms with Gasteiger partial charge in [0.1, 0.15) is 5.04 Å². The van der Waals surface area contributed by atoms with Gasteiger partial charge in [-0.25, -0.2) is 9.98 Å². The van der Waals surface area contributed by atoms with E-state index in [1.807, 2.05) is 60.8 Å². The molecule has 13 rings (SSSR count). The van der Waals surface area contributed by atoms with E-state index < -0.39 is 0 Å². The molecule has 10 aromatic rings. The van der Waals surface area contributed by atoms with Crippen molar-refractivity contribution < 1.29 is 32.4 Å². The molecule has 6 aromatic heterocycles. The van der Waals surface area contributed by atoms with E-state index in [-0.39, 0.29) is 47.4 Å². The van der Waals surface area contributed by atoms with Crippen molar-refractivity contribution in [2.45, 2.75) is 52.1 Å². The summed E-state index contributed by atoms with van der Waals surface area (Å²) >= 11 is 1.48. The zero-order valence-electron chi connectivity index (χ0n) is 50.5. The molecule has 0 atom stereocenters. The van der Waals surface area contributed by atoms with Gasteiger partial charge in [-0.15, -0.1) is 29.4 Å². The Morgan fingerprint density at radius 2 is 0.890 bits per heavy atom. The van der Waals surface area contributed by atoms with Crippen LogP contribution in [0.2, 0.25) is 0 Å². The highest BCUT2D eigenvalue weighted by Crippen LogP contribution is 2.27. The van der Waals surface area contributed by atoms with Crippen molar-refractivity contribution in [1.29, 1.82) is 5.41 Å². The molecular formula is C68H84BrClN12O8S. The lowest BCUT2D eigenvalue weighted by atomic mass is 10.2. The Balaban J connectivity index is 0.000000174. The molecule has 20 nitrogen and oxygen atoms in total. The van der Waals surface area contributed by atoms with E-state index >= 15 is 0 Å². The third-order valence-electron chi connectivity index (χ3n) is 15.4. The fourth-order valence-corrected chi connectivity index (χ4v) is 11.4. The number of non-ortho nitro benzene ring substituents is 1. The molecule has 484 valence electrons. The normalized spacial score (nSPS) is 14.8. The van der Waals surface area contributed by atoms with E-state index in [0.29, 0.717) is 34.0 Å². The number of nitro benzene ring substituents is 1. The molecule has 3 aliphatic heterocycles. The molecule has 0 radical (unpaired) electrons. The number of aryl methyl sites for hydroxylation is 3. The van der Waals surface area contributed by atoms with E-state index in [2.05, 4.69) is 99.3 Å². The van der Waals surface area contributed by atoms with Crippen LogP contribution in [0.1, 0.15) is 49.5 Å². The van der Waals surface area contributed by atoms with Crippen LogP contribution in [0.25, 0.3) is 32.7 Å². The Kier molecular flexibility index (Phi) is 28.7. The molecule has 3 saturated heterocycles. The van der Waals surface area contributed by atoms with Gasteiger partial charge in [0.2, 0.25) is 0 Å². The topological polar surface area (TPSA) is 235 Å². The van der Waals surface area contributed by atoms with Gasteiger partial charge in [0.15, 0.2) is 29.0 Å². The maximum atomic E-state index is 10.9. The predicted molar refractivity (Wildman–Crippen MR) is 374 cm³/mol. The molecule has 3 fully saturated rings. The highest BCUT2D eigenvalue weighted by molar-refractivity contribution is 8.93. The molecule has 0 aliphatic carbocycles. The first-order valence-electron chi connectivity index (χ1n) is 30.1. The molecule has 5 N–H and O–H groups in total. The zero-order chi connectivity index (χ0) is 60.7. The van der Waals surface area contributed by atoms with E-state index in [1.165, 1.54) is 39.1 Å². The first-order valence-corrected chi connectivity index (χ1v) is 31.0. The number of thioether (sulfide) groups is 1. The number of nitrogens with zero attached hydrogens (tertiary/aromatic N) is 9. The standard InChI is InChI=1S/2C20H24N4O2.C15H19N3O3.C12H11NOS.CH4.BrH.ClH/c2*21-20(19-3-1-12-26-19)22-17-5-4-16-6-9-24(18(16)15-17)8-2-7-23-10-13-25-14-11-23;19-18(20)14-3-2-13-4-7-17(15(13)12-14)6-1-5-16-8-10-21-11-9-16;13-12(11-7-4-8-14-11)15-9-10-5-2-1-3-6-10;;;/h2*1,3-6,9,12,15H,2,7-8,10-11,13-14H2,(H2,21,22);2-4,7,12H,1,5-6,8-11H2;1-8,13H,9H2;1H4;2*1H. The highest BCUT2D eigenvalue weighted by Gasteiger charge is 2.15. The van der Waals surface area contributed by atoms with Crippen molar-refractivity contribution in [2.24, 2.45) is 21.5 Å². The van der Waals surface area contributed by atoms with Crippen LogP contribution in [0.3, 0.4) is 0 Å². The van der Waals surface area contributed by atoms with E-state index in [1.54, 1.807) is 55.2 Å². The van der Waals surface area contributed by atoms with E-state index in [0.717, 1.165) is 165 Å². The van der Waals surface area contributed by atoms with E-state index in [4.69, 9.17) is 44.3 Å². The second-order valence-electron chi connectivity index (χ2n) is 21.5. The van der Waals surface area contributed by atoms with Crippen LogP contribution in [-0.2, 0) is 39.6 Å². The number of halogens is 2. The summed E-state index contributed by atoms with van der Waals surface area (Å²) in [6.07, 6.45) is 14.4. The van der Waals surface area contributed by atoms with Gasteiger partial charge >= 0.3 is 0 Å². The van der Waals surface area contributed by atoms with Gasteiger partial charge in [-0.3, -0.25) is 30.2 Å². The van der Waals surface area contributed by atoms with Crippen molar-refractivity contribution in [3.8, 4) is 0 Å². The monoisotopic (exact) mass is 1340 g/mol. The summed E-state index contributed by atoms with van der Waals surface area (Å²) in [6.45, 7) is 17.3. The number of nitrogens with two attached hydrogens (primary N) is 2. The fraction of sp³-hybridized carbons (Fsp3) is 0.338. The van der Waals surface area contributed by atoms with Crippen LogP contribution < -0.4 is 11.5 Å². The van der Waals surface area contributed by atoms with Gasteiger partial charge in [0.25, 0.3) is 5.69 Å². The number of benzene rings is 4. The van der Waals surface area contributed by atoms with Gasteiger partial charge in [-0.05, 0) is 121 Å². The van der Waals surface area contributed by atoms with E-state index in [9.17, 15) is 10.1 Å². The molecule has 0 saturated carbocycles. The minimum Gasteiger partial charge on any atom is -0.462 e. The first-order chi connectivity index (χ1) is 43.2. The van der Waals surface area contributed by atoms with Crippen LogP contribution in [-0.4, -0.2) is 149 Å². The number of aliphatic imine (C=N–C) groups is 2. The molecule has 0 bridgehead atoms. The minimum absolute atomic E-state index is 0. The Morgan fingerprint density at radius 3 is 1.27 bits per heavy atom. The number of hydrogen-bond donors (Lipinski definition) is 3. The fourth-order valence-electron chi connectivity index (χ4n) is 10.7. The van der Waals surface area contributed by atoms with Crippen molar-refractivity contribution >= 4 is 108 Å². The molecule has 0 amide bonds. The molecular weight excluding hydrogens is 1260 g/mol. The average molecular weight is 1340 g/mol. The first kappa shape index (κ1) is 70.7. The summed E-state index contributed by atoms with van der Waals surface area (Å²) in [7, 11) is 0. The third-order valence-corrected chi connectivity index (χ3v) is 16.4. The lowest BCUT2D eigenvalue weighted by Crippen LogP contribution is -2.37. The number of ether oxygens (including phenoxy) is 3. The second-order valence-corrected chi connectivity index (χ2v) is 22.5. The van der Waals surface area contributed by atoms with Crippen molar-refractivity contribution in [2.75, 3.05) is 98.5 Å². The Labute approximate surface area is 552 Å². The van der Waals surface area contributed by atoms with Gasteiger partial charge in [0.05, 0.1) is 91.3 Å². The van der Waals surface area contributed by atoms with Crippen LogP contribution in [0.5, 0.6) is 0 Å². The smallest absolute Gasteiger partial charge is 0.271 e. The maximum Gasteiger partial charge on any atom is 0.271 e. The largest absolute Gasteiger partial charge is 0.462 e. The van der Waals surface area contributed by atoms with Gasteiger partial charge < -0.3 is 52.6 Å². The number of furan rings is 3. The summed E-state index contributed by atoms with van der Waals surface area (Å²) in [5.74, 6) is 3.40. The molecule has 9 heterocycles. The number of rotatable bonds is 20. The summed E-state index contributed by atoms with van der Waals surface area (Å²) in [5.41, 5.74) is 18.4. The quantitative estimate of drug-likeness (QED) is 0.0279. The van der Waals surface area contributed by atoms with Gasteiger partial charge in [0, 0.05) is 120 Å². The number of morpholine rings is 3. The second kappa shape index (κ2) is 36.9. The number of nitrogens with one attached hydrogen (secondary N) is 1. The Morgan fingerprint density at radius 1 is 0.505 bits per heavy atom. The van der Waals surface area contributed by atoms with Gasteiger partial charge in [-0.2, -0.15) is 0 Å². The van der Waals surface area contributed by atoms with Gasteiger partial charge in [-0.1, -0.05) is 61.7 Å². The van der Waals surface area contributed by atoms with Crippen LogP contribution in [0.4, 0.5) is 17.1 Å². The third kappa shape index (κ3) is 21.1. The summed E-state index contributed by atoms with van der Waals surface area (Å²) in [6, 6.07) is 44.6. The lowest BCUT2D eigenvalue weighted by molar-refractivity contribution is -0.384. The lowest BCUT2D eigenvalue weighted by Gasteiger charge is -2.26. The highest BCUT2D eigenvalue weighted by atomic mass is 79.9. The summed E-state index contributed by atoms with van der Waals surface area (Å²) < 4.78 is 38.6. The number of nitro groups is 1. The summed E-state index contributed by atoms with van der Waals surface area (Å²) in [5, 5.41) is 22.6.